The van der Waals surface area contributed by atoms with Crippen LogP contribution in [0.1, 0.15) is 17.0 Å². The van der Waals surface area contributed by atoms with E-state index in [1.807, 2.05) is 48.5 Å². The second-order valence-corrected chi connectivity index (χ2v) is 5.75. The lowest BCUT2D eigenvalue weighted by Gasteiger charge is -2.18. The maximum Gasteiger partial charge on any atom is 0.325 e. The number of carbonyl (C=O) groups is 2. The lowest BCUT2D eigenvalue weighted by molar-refractivity contribution is -0.150. The van der Waals surface area contributed by atoms with Crippen LogP contribution in [0.15, 0.2) is 48.5 Å². The van der Waals surface area contributed by atoms with Gasteiger partial charge < -0.3 is 21.3 Å². The number of fused-ring (bicyclic) bond motifs is 3. The van der Waals surface area contributed by atoms with E-state index < -0.39 is 24.0 Å². The SMILES string of the molecule is N[C@H](C(=O)O)[C@H](N)C(=O)OCC1c2ccccc2-c2ccccc21. The predicted molar refractivity (Wildman–Crippen MR) is 88.3 cm³/mol. The Balaban J connectivity index is 1.79. The van der Waals surface area contributed by atoms with Gasteiger partial charge in [0.25, 0.3) is 0 Å². The van der Waals surface area contributed by atoms with Gasteiger partial charge in [-0.15, -0.1) is 0 Å². The minimum atomic E-state index is -1.49. The minimum Gasteiger partial charge on any atom is -0.480 e. The average Bonchev–Trinajstić information content (AvgIpc) is 2.92. The van der Waals surface area contributed by atoms with E-state index in [1.165, 1.54) is 0 Å². The first-order valence-corrected chi connectivity index (χ1v) is 7.59. The number of hydrogen-bond acceptors (Lipinski definition) is 5. The molecule has 0 radical (unpaired) electrons. The van der Waals surface area contributed by atoms with Crippen LogP contribution in [-0.4, -0.2) is 35.7 Å². The van der Waals surface area contributed by atoms with Gasteiger partial charge >= 0.3 is 11.9 Å². The van der Waals surface area contributed by atoms with E-state index in [0.29, 0.717) is 0 Å². The highest BCUT2D eigenvalue weighted by atomic mass is 16.5. The number of benzene rings is 2. The number of hydrogen-bond donors (Lipinski definition) is 3. The van der Waals surface area contributed by atoms with E-state index in [2.05, 4.69) is 0 Å². The van der Waals surface area contributed by atoms with Crippen LogP contribution in [0, 0.1) is 0 Å². The number of carboxylic acid groups (broad SMARTS) is 1. The van der Waals surface area contributed by atoms with E-state index in [4.69, 9.17) is 21.3 Å². The number of ether oxygens (including phenoxy) is 1. The molecule has 0 fully saturated rings. The molecule has 6 nitrogen and oxygen atoms in total. The molecule has 5 N–H and O–H groups in total. The molecule has 0 saturated heterocycles. The van der Waals surface area contributed by atoms with Crippen molar-refractivity contribution < 1.29 is 19.4 Å². The molecule has 0 saturated carbocycles. The Bertz CT molecular complexity index is 745. The molecule has 0 unspecified atom stereocenters. The van der Waals surface area contributed by atoms with Crippen LogP contribution in [-0.2, 0) is 14.3 Å². The summed E-state index contributed by atoms with van der Waals surface area (Å²) in [5, 5.41) is 8.83. The molecule has 0 heterocycles. The van der Waals surface area contributed by atoms with Crippen molar-refractivity contribution in [3.63, 3.8) is 0 Å². The minimum absolute atomic E-state index is 0.0902. The van der Waals surface area contributed by atoms with Crippen molar-refractivity contribution in [2.75, 3.05) is 6.61 Å². The van der Waals surface area contributed by atoms with Crippen LogP contribution >= 0.6 is 0 Å². The van der Waals surface area contributed by atoms with Gasteiger partial charge in [-0.2, -0.15) is 0 Å². The largest absolute Gasteiger partial charge is 0.480 e. The van der Waals surface area contributed by atoms with Gasteiger partial charge in [0.15, 0.2) is 0 Å². The summed E-state index contributed by atoms with van der Waals surface area (Å²) in [5.74, 6) is -2.25. The first-order valence-electron chi connectivity index (χ1n) is 7.59. The molecule has 1 aliphatic rings. The summed E-state index contributed by atoms with van der Waals surface area (Å²) in [6.45, 7) is 0.0902. The number of nitrogens with two attached hydrogens (primary N) is 2. The van der Waals surface area contributed by atoms with E-state index in [0.717, 1.165) is 22.3 Å². The fourth-order valence-electron chi connectivity index (χ4n) is 3.00. The topological polar surface area (TPSA) is 116 Å². The quantitative estimate of drug-likeness (QED) is 0.708. The van der Waals surface area contributed by atoms with Crippen molar-refractivity contribution in [2.45, 2.75) is 18.0 Å². The second-order valence-electron chi connectivity index (χ2n) is 5.75. The maximum atomic E-state index is 12.0. The van der Waals surface area contributed by atoms with Crippen molar-refractivity contribution in [2.24, 2.45) is 11.5 Å². The average molecular weight is 326 g/mol. The molecule has 6 heteroatoms. The monoisotopic (exact) mass is 326 g/mol. The van der Waals surface area contributed by atoms with Crippen molar-refractivity contribution >= 4 is 11.9 Å². The zero-order chi connectivity index (χ0) is 17.3. The fourth-order valence-corrected chi connectivity index (χ4v) is 3.00. The van der Waals surface area contributed by atoms with Gasteiger partial charge in [-0.05, 0) is 22.3 Å². The molecular weight excluding hydrogens is 308 g/mol. The molecule has 0 aromatic heterocycles. The molecule has 0 aliphatic heterocycles. The number of esters is 1. The molecule has 2 atom stereocenters. The molecule has 0 spiro atoms. The van der Waals surface area contributed by atoms with Crippen LogP contribution in [0.4, 0.5) is 0 Å². The van der Waals surface area contributed by atoms with Crippen molar-refractivity contribution in [3.05, 3.63) is 59.7 Å². The number of rotatable bonds is 5. The van der Waals surface area contributed by atoms with Crippen molar-refractivity contribution in [1.82, 2.24) is 0 Å². The smallest absolute Gasteiger partial charge is 0.325 e. The molecule has 0 bridgehead atoms. The highest BCUT2D eigenvalue weighted by Crippen LogP contribution is 2.44. The summed E-state index contributed by atoms with van der Waals surface area (Å²) in [6, 6.07) is 13.0. The first-order chi connectivity index (χ1) is 11.5. The van der Waals surface area contributed by atoms with Gasteiger partial charge in [-0.1, -0.05) is 48.5 Å². The summed E-state index contributed by atoms with van der Waals surface area (Å²) in [6.07, 6.45) is 0. The molecule has 3 rings (SSSR count). The molecule has 24 heavy (non-hydrogen) atoms. The van der Waals surface area contributed by atoms with E-state index in [9.17, 15) is 9.59 Å². The molecular formula is C18H18N2O4. The van der Waals surface area contributed by atoms with Crippen molar-refractivity contribution in [3.8, 4) is 11.1 Å². The van der Waals surface area contributed by atoms with Crippen LogP contribution in [0.3, 0.4) is 0 Å². The highest BCUT2D eigenvalue weighted by Gasteiger charge is 2.32. The van der Waals surface area contributed by atoms with E-state index >= 15 is 0 Å². The number of aliphatic carboxylic acids is 1. The lowest BCUT2D eigenvalue weighted by Crippen LogP contribution is -2.52. The Morgan fingerprint density at radius 2 is 1.46 bits per heavy atom. The van der Waals surface area contributed by atoms with Gasteiger partial charge in [0.1, 0.15) is 18.7 Å². The summed E-state index contributed by atoms with van der Waals surface area (Å²) in [4.78, 5) is 22.8. The predicted octanol–water partition coefficient (Wildman–Crippen LogP) is 1.08. The molecule has 124 valence electrons. The van der Waals surface area contributed by atoms with Gasteiger partial charge in [-0.3, -0.25) is 9.59 Å². The highest BCUT2D eigenvalue weighted by molar-refractivity contribution is 5.86. The van der Waals surface area contributed by atoms with Gasteiger partial charge in [-0.25, -0.2) is 0 Å². The zero-order valence-corrected chi connectivity index (χ0v) is 12.9. The Labute approximate surface area is 139 Å². The maximum absolute atomic E-state index is 12.0. The first kappa shape index (κ1) is 16.2. The lowest BCUT2D eigenvalue weighted by atomic mass is 9.98. The number of carboxylic acids is 1. The van der Waals surface area contributed by atoms with E-state index in [1.54, 1.807) is 0 Å². The van der Waals surface area contributed by atoms with Crippen molar-refractivity contribution in [1.29, 1.82) is 0 Å². The summed E-state index contributed by atoms with van der Waals surface area (Å²) in [5.41, 5.74) is 15.3. The Morgan fingerprint density at radius 3 is 1.96 bits per heavy atom. The Kier molecular flexibility index (Phi) is 4.33. The normalized spacial score (nSPS) is 15.2. The van der Waals surface area contributed by atoms with Crippen LogP contribution in [0.2, 0.25) is 0 Å². The molecule has 2 aromatic rings. The van der Waals surface area contributed by atoms with Crippen LogP contribution in [0.25, 0.3) is 11.1 Å². The molecule has 1 aliphatic carbocycles. The van der Waals surface area contributed by atoms with Crippen LogP contribution < -0.4 is 11.5 Å². The van der Waals surface area contributed by atoms with Gasteiger partial charge in [0.05, 0.1) is 0 Å². The Morgan fingerprint density at radius 1 is 0.958 bits per heavy atom. The molecule has 0 amide bonds. The zero-order valence-electron chi connectivity index (χ0n) is 12.9. The van der Waals surface area contributed by atoms with Gasteiger partial charge in [0.2, 0.25) is 0 Å². The summed E-state index contributed by atoms with van der Waals surface area (Å²) >= 11 is 0. The molecule has 2 aromatic carbocycles. The standard InChI is InChI=1S/C18H18N2O4/c19-15(17(21)22)16(20)18(23)24-9-14-12-7-3-1-5-10(12)11-6-2-4-8-13(11)14/h1-8,14-16H,9,19-20H2,(H,21,22)/t15-,16-/m0/s1. The Hall–Kier alpha value is -2.70. The summed E-state index contributed by atoms with van der Waals surface area (Å²) in [7, 11) is 0. The summed E-state index contributed by atoms with van der Waals surface area (Å²) < 4.78 is 5.27. The third-order valence-electron chi connectivity index (χ3n) is 4.30. The second kappa shape index (κ2) is 6.43. The van der Waals surface area contributed by atoms with Crippen LogP contribution in [0.5, 0.6) is 0 Å². The third-order valence-corrected chi connectivity index (χ3v) is 4.30. The third kappa shape index (κ3) is 2.77. The number of carbonyl (C=O) groups excluding carboxylic acids is 1. The fraction of sp³-hybridized carbons (Fsp3) is 0.222. The van der Waals surface area contributed by atoms with E-state index in [-0.39, 0.29) is 12.5 Å². The van der Waals surface area contributed by atoms with Gasteiger partial charge in [0, 0.05) is 5.92 Å².